The number of hydrogen-bond acceptors (Lipinski definition) is 4. The van der Waals surface area contributed by atoms with E-state index in [-0.39, 0.29) is 10.9 Å². The number of nitrogens with one attached hydrogen (secondary N) is 1. The lowest BCUT2D eigenvalue weighted by molar-refractivity contribution is 0.0651. The minimum Gasteiger partial charge on any atom is -0.352 e. The zero-order valence-electron chi connectivity index (χ0n) is 4.37. The third-order valence-electron chi connectivity index (χ3n) is 0.952. The fourth-order valence-corrected chi connectivity index (χ4v) is 1.26. The van der Waals surface area contributed by atoms with Crippen molar-refractivity contribution < 1.29 is 4.74 Å². The van der Waals surface area contributed by atoms with Crippen LogP contribution >= 0.6 is 25.3 Å². The molecule has 1 heterocycles. The van der Waals surface area contributed by atoms with Crippen LogP contribution in [0.2, 0.25) is 0 Å². The molecule has 0 aromatic heterocycles. The molecular formula is C4H9NOS2. The van der Waals surface area contributed by atoms with Crippen molar-refractivity contribution in [2.45, 2.75) is 10.9 Å². The molecule has 0 aromatic carbocycles. The summed E-state index contributed by atoms with van der Waals surface area (Å²) in [6, 6.07) is 0. The van der Waals surface area contributed by atoms with Gasteiger partial charge >= 0.3 is 0 Å². The molecule has 2 unspecified atom stereocenters. The fraction of sp³-hybridized carbons (Fsp3) is 1.00. The van der Waals surface area contributed by atoms with Gasteiger partial charge < -0.3 is 10.1 Å². The zero-order valence-corrected chi connectivity index (χ0v) is 6.16. The number of thiol groups is 2. The molecule has 1 saturated heterocycles. The quantitative estimate of drug-likeness (QED) is 0.428. The second-order valence-electron chi connectivity index (χ2n) is 1.70. The number of hydrogen-bond donors (Lipinski definition) is 3. The zero-order chi connectivity index (χ0) is 5.98. The van der Waals surface area contributed by atoms with Crippen molar-refractivity contribution in [3.63, 3.8) is 0 Å². The van der Waals surface area contributed by atoms with Crippen LogP contribution in [-0.2, 0) is 4.74 Å². The van der Waals surface area contributed by atoms with Gasteiger partial charge in [-0.3, -0.25) is 0 Å². The Morgan fingerprint density at radius 3 is 2.00 bits per heavy atom. The lowest BCUT2D eigenvalue weighted by atomic mass is 10.5. The SMILES string of the molecule is SC1CNCC(S)O1. The second kappa shape index (κ2) is 2.96. The molecular weight excluding hydrogens is 142 g/mol. The summed E-state index contributed by atoms with van der Waals surface area (Å²) in [4.78, 5) is 0. The van der Waals surface area contributed by atoms with Crippen LogP contribution in [0.5, 0.6) is 0 Å². The van der Waals surface area contributed by atoms with Crippen molar-refractivity contribution in [3.8, 4) is 0 Å². The molecule has 2 atom stereocenters. The summed E-state index contributed by atoms with van der Waals surface area (Å²) in [7, 11) is 0. The van der Waals surface area contributed by atoms with Gasteiger partial charge in [0.1, 0.15) is 10.9 Å². The molecule has 48 valence electrons. The first-order valence-corrected chi connectivity index (χ1v) is 3.54. The topological polar surface area (TPSA) is 21.3 Å². The molecule has 1 N–H and O–H groups in total. The molecule has 0 spiro atoms. The first-order chi connectivity index (χ1) is 3.79. The van der Waals surface area contributed by atoms with Crippen LogP contribution in [0.3, 0.4) is 0 Å². The highest BCUT2D eigenvalue weighted by Gasteiger charge is 2.14. The van der Waals surface area contributed by atoms with Crippen LogP contribution in [0, 0.1) is 0 Å². The maximum absolute atomic E-state index is 5.15. The maximum atomic E-state index is 5.15. The third-order valence-corrected chi connectivity index (χ3v) is 1.56. The first kappa shape index (κ1) is 6.74. The summed E-state index contributed by atoms with van der Waals surface area (Å²) in [5.74, 6) is 0. The molecule has 0 saturated carbocycles. The van der Waals surface area contributed by atoms with Crippen LogP contribution in [0.25, 0.3) is 0 Å². The van der Waals surface area contributed by atoms with Crippen molar-refractivity contribution in [2.75, 3.05) is 13.1 Å². The van der Waals surface area contributed by atoms with Gasteiger partial charge in [-0.15, -0.1) is 25.3 Å². The Labute approximate surface area is 59.8 Å². The van der Waals surface area contributed by atoms with Crippen molar-refractivity contribution >= 4 is 25.3 Å². The Hall–Kier alpha value is 0.620. The third kappa shape index (κ3) is 1.85. The smallest absolute Gasteiger partial charge is 0.114 e. The monoisotopic (exact) mass is 151 g/mol. The van der Waals surface area contributed by atoms with E-state index in [2.05, 4.69) is 30.6 Å². The average Bonchev–Trinajstić information content (AvgIpc) is 1.64. The van der Waals surface area contributed by atoms with E-state index in [0.717, 1.165) is 13.1 Å². The average molecular weight is 151 g/mol. The van der Waals surface area contributed by atoms with E-state index in [9.17, 15) is 0 Å². The molecule has 0 radical (unpaired) electrons. The summed E-state index contributed by atoms with van der Waals surface area (Å²) in [5.41, 5.74) is 0.0394. The standard InChI is InChI=1S/C4H9NOS2/c7-3-1-5-2-4(8)6-3/h3-5,7-8H,1-2H2. The fourth-order valence-electron chi connectivity index (χ4n) is 0.608. The van der Waals surface area contributed by atoms with Crippen molar-refractivity contribution in [1.82, 2.24) is 5.32 Å². The Morgan fingerprint density at radius 2 is 1.75 bits per heavy atom. The summed E-state index contributed by atoms with van der Waals surface area (Å²) >= 11 is 8.17. The van der Waals surface area contributed by atoms with Crippen LogP contribution < -0.4 is 5.32 Å². The van der Waals surface area contributed by atoms with Gasteiger partial charge in [0.25, 0.3) is 0 Å². The lowest BCUT2D eigenvalue weighted by Crippen LogP contribution is -2.39. The van der Waals surface area contributed by atoms with Gasteiger partial charge in [0.15, 0.2) is 0 Å². The van der Waals surface area contributed by atoms with Crippen molar-refractivity contribution in [3.05, 3.63) is 0 Å². The Kier molecular flexibility index (Phi) is 2.49. The molecule has 4 heteroatoms. The van der Waals surface area contributed by atoms with E-state index in [1.807, 2.05) is 0 Å². The molecule has 0 bridgehead atoms. The molecule has 8 heavy (non-hydrogen) atoms. The predicted octanol–water partition coefficient (Wildman–Crippen LogP) is 0.118. The number of ether oxygens (including phenoxy) is 1. The second-order valence-corrected chi connectivity index (χ2v) is 2.86. The molecule has 0 aromatic rings. The van der Waals surface area contributed by atoms with E-state index in [1.165, 1.54) is 0 Å². The van der Waals surface area contributed by atoms with Gasteiger partial charge in [-0.2, -0.15) is 0 Å². The van der Waals surface area contributed by atoms with E-state index < -0.39 is 0 Å². The predicted molar refractivity (Wildman–Crippen MR) is 39.5 cm³/mol. The van der Waals surface area contributed by atoms with Gasteiger partial charge in [-0.25, -0.2) is 0 Å². The Balaban J connectivity index is 2.23. The van der Waals surface area contributed by atoms with Crippen LogP contribution in [-0.4, -0.2) is 24.0 Å². The minimum atomic E-state index is 0.0197. The highest BCUT2D eigenvalue weighted by atomic mass is 32.1. The van der Waals surface area contributed by atoms with E-state index in [0.29, 0.717) is 0 Å². The van der Waals surface area contributed by atoms with Gasteiger partial charge in [-0.05, 0) is 0 Å². The normalized spacial score (nSPS) is 39.8. The largest absolute Gasteiger partial charge is 0.352 e. The summed E-state index contributed by atoms with van der Waals surface area (Å²) < 4.78 is 5.15. The van der Waals surface area contributed by atoms with Crippen molar-refractivity contribution in [2.24, 2.45) is 0 Å². The summed E-state index contributed by atoms with van der Waals surface area (Å²) in [6.45, 7) is 1.64. The minimum absolute atomic E-state index is 0.0197. The summed E-state index contributed by atoms with van der Waals surface area (Å²) in [6.07, 6.45) is 0. The van der Waals surface area contributed by atoms with E-state index in [1.54, 1.807) is 0 Å². The highest BCUT2D eigenvalue weighted by molar-refractivity contribution is 7.81. The Morgan fingerprint density at radius 1 is 1.25 bits per heavy atom. The Bertz CT molecular complexity index is 72.4. The van der Waals surface area contributed by atoms with E-state index in [4.69, 9.17) is 4.74 Å². The van der Waals surface area contributed by atoms with Crippen molar-refractivity contribution in [1.29, 1.82) is 0 Å². The first-order valence-electron chi connectivity index (χ1n) is 2.51. The highest BCUT2D eigenvalue weighted by Crippen LogP contribution is 2.08. The molecule has 1 fully saturated rings. The number of morpholine rings is 1. The number of rotatable bonds is 0. The van der Waals surface area contributed by atoms with Gasteiger partial charge in [0.2, 0.25) is 0 Å². The molecule has 0 aliphatic carbocycles. The maximum Gasteiger partial charge on any atom is 0.114 e. The van der Waals surface area contributed by atoms with Crippen LogP contribution in [0.15, 0.2) is 0 Å². The molecule has 1 aliphatic rings. The molecule has 1 aliphatic heterocycles. The summed E-state index contributed by atoms with van der Waals surface area (Å²) in [5, 5.41) is 3.11. The molecule has 2 nitrogen and oxygen atoms in total. The van der Waals surface area contributed by atoms with Gasteiger partial charge in [0.05, 0.1) is 0 Å². The van der Waals surface area contributed by atoms with Gasteiger partial charge in [-0.1, -0.05) is 0 Å². The lowest BCUT2D eigenvalue weighted by Gasteiger charge is -2.24. The van der Waals surface area contributed by atoms with Crippen LogP contribution in [0.1, 0.15) is 0 Å². The molecule has 0 amide bonds. The molecule has 1 rings (SSSR count). The van der Waals surface area contributed by atoms with E-state index >= 15 is 0 Å². The van der Waals surface area contributed by atoms with Crippen LogP contribution in [0.4, 0.5) is 0 Å². The van der Waals surface area contributed by atoms with Gasteiger partial charge in [0, 0.05) is 13.1 Å².